The van der Waals surface area contributed by atoms with Crippen LogP contribution in [0.25, 0.3) is 0 Å². The number of carboxylic acids is 1. The minimum atomic E-state index is -0.808. The molecule has 1 aromatic heterocycles. The lowest BCUT2D eigenvalue weighted by molar-refractivity contribution is -0.133. The predicted octanol–water partition coefficient (Wildman–Crippen LogP) is 3.23. The van der Waals surface area contributed by atoms with E-state index in [-0.39, 0.29) is 5.75 Å². The summed E-state index contributed by atoms with van der Waals surface area (Å²) >= 11 is 1.28. The Balaban J connectivity index is 2.09. The molecule has 2 rings (SSSR count). The molecule has 1 aliphatic carbocycles. The molecular weight excluding hydrogens is 286 g/mol. The van der Waals surface area contributed by atoms with Crippen molar-refractivity contribution < 1.29 is 9.90 Å². The zero-order chi connectivity index (χ0) is 15.2. The van der Waals surface area contributed by atoms with Crippen molar-refractivity contribution in [3.8, 4) is 0 Å². The van der Waals surface area contributed by atoms with Crippen molar-refractivity contribution >= 4 is 17.7 Å². The van der Waals surface area contributed by atoms with Crippen molar-refractivity contribution in [3.63, 3.8) is 0 Å². The SMILES string of the molecule is CCCc1nnc(SCC(=O)O)n1CC1CCCC(C)C1. The van der Waals surface area contributed by atoms with Crippen molar-refractivity contribution in [1.82, 2.24) is 14.8 Å². The molecule has 1 fully saturated rings. The van der Waals surface area contributed by atoms with Crippen LogP contribution in [-0.2, 0) is 17.8 Å². The fourth-order valence-electron chi connectivity index (χ4n) is 3.13. The molecule has 1 N–H and O–H groups in total. The van der Waals surface area contributed by atoms with Gasteiger partial charge < -0.3 is 9.67 Å². The maximum atomic E-state index is 10.8. The maximum absolute atomic E-state index is 10.8. The highest BCUT2D eigenvalue weighted by Crippen LogP contribution is 2.31. The van der Waals surface area contributed by atoms with E-state index in [1.165, 1.54) is 37.4 Å². The molecule has 0 aliphatic heterocycles. The quantitative estimate of drug-likeness (QED) is 0.783. The van der Waals surface area contributed by atoms with Gasteiger partial charge in [0.15, 0.2) is 5.16 Å². The molecule has 1 saturated carbocycles. The van der Waals surface area contributed by atoms with Gasteiger partial charge in [0.05, 0.1) is 5.75 Å². The second-order valence-corrected chi connectivity index (χ2v) is 7.02. The lowest BCUT2D eigenvalue weighted by atomic mass is 9.82. The average molecular weight is 311 g/mol. The molecular formula is C15H25N3O2S. The van der Waals surface area contributed by atoms with Crippen LogP contribution in [0, 0.1) is 11.8 Å². The Bertz CT molecular complexity index is 475. The Morgan fingerprint density at radius 2 is 2.24 bits per heavy atom. The van der Waals surface area contributed by atoms with Gasteiger partial charge in [0.1, 0.15) is 5.82 Å². The number of hydrogen-bond acceptors (Lipinski definition) is 4. The van der Waals surface area contributed by atoms with E-state index >= 15 is 0 Å². The zero-order valence-corrected chi connectivity index (χ0v) is 13.7. The van der Waals surface area contributed by atoms with Gasteiger partial charge in [-0.15, -0.1) is 10.2 Å². The Morgan fingerprint density at radius 3 is 2.90 bits per heavy atom. The molecule has 2 unspecified atom stereocenters. The van der Waals surface area contributed by atoms with E-state index in [2.05, 4.69) is 28.6 Å². The van der Waals surface area contributed by atoms with Crippen molar-refractivity contribution in [1.29, 1.82) is 0 Å². The van der Waals surface area contributed by atoms with E-state index in [0.29, 0.717) is 5.92 Å². The summed E-state index contributed by atoms with van der Waals surface area (Å²) in [6.45, 7) is 5.39. The number of aromatic nitrogens is 3. The summed E-state index contributed by atoms with van der Waals surface area (Å²) in [6.07, 6.45) is 7.09. The van der Waals surface area contributed by atoms with Crippen molar-refractivity contribution in [3.05, 3.63) is 5.82 Å². The molecule has 1 aliphatic rings. The van der Waals surface area contributed by atoms with Crippen molar-refractivity contribution in [2.45, 2.75) is 64.1 Å². The lowest BCUT2D eigenvalue weighted by Crippen LogP contribution is -2.20. The molecule has 2 atom stereocenters. The van der Waals surface area contributed by atoms with Gasteiger partial charge >= 0.3 is 5.97 Å². The van der Waals surface area contributed by atoms with Crippen LogP contribution in [-0.4, -0.2) is 31.6 Å². The number of carbonyl (C=O) groups is 1. The van der Waals surface area contributed by atoms with E-state index in [0.717, 1.165) is 36.3 Å². The molecule has 118 valence electrons. The van der Waals surface area contributed by atoms with Crippen LogP contribution in [0.15, 0.2) is 5.16 Å². The predicted molar refractivity (Wildman–Crippen MR) is 83.5 cm³/mol. The van der Waals surface area contributed by atoms with Crippen molar-refractivity contribution in [2.75, 3.05) is 5.75 Å². The van der Waals surface area contributed by atoms with E-state index < -0.39 is 5.97 Å². The minimum absolute atomic E-state index is 0.0470. The Hall–Kier alpha value is -1.04. The van der Waals surface area contributed by atoms with Gasteiger partial charge in [-0.25, -0.2) is 0 Å². The number of aliphatic carboxylic acids is 1. The van der Waals surface area contributed by atoms with Gasteiger partial charge in [-0.05, 0) is 31.1 Å². The Labute approximate surface area is 130 Å². The number of thioether (sulfide) groups is 1. The zero-order valence-electron chi connectivity index (χ0n) is 12.9. The molecule has 21 heavy (non-hydrogen) atoms. The van der Waals surface area contributed by atoms with E-state index in [9.17, 15) is 4.79 Å². The summed E-state index contributed by atoms with van der Waals surface area (Å²) < 4.78 is 2.17. The fraction of sp³-hybridized carbons (Fsp3) is 0.800. The molecule has 1 heterocycles. The van der Waals surface area contributed by atoms with Gasteiger partial charge in [0.25, 0.3) is 0 Å². The monoisotopic (exact) mass is 311 g/mol. The van der Waals surface area contributed by atoms with Crippen LogP contribution < -0.4 is 0 Å². The number of carboxylic acid groups (broad SMARTS) is 1. The third kappa shape index (κ3) is 4.73. The highest BCUT2D eigenvalue weighted by Gasteiger charge is 2.22. The number of aryl methyl sites for hydroxylation is 1. The van der Waals surface area contributed by atoms with E-state index in [1.807, 2.05) is 0 Å². The molecule has 0 amide bonds. The largest absolute Gasteiger partial charge is 0.481 e. The smallest absolute Gasteiger partial charge is 0.313 e. The first-order valence-corrected chi connectivity index (χ1v) is 8.85. The molecule has 1 aromatic rings. The topological polar surface area (TPSA) is 68.0 Å². The fourth-order valence-corrected chi connectivity index (χ4v) is 3.81. The first-order chi connectivity index (χ1) is 10.1. The average Bonchev–Trinajstić information content (AvgIpc) is 2.80. The maximum Gasteiger partial charge on any atom is 0.313 e. The standard InChI is InChI=1S/C15H25N3O2S/c1-3-5-13-16-17-15(21-10-14(19)20)18(13)9-12-7-4-6-11(2)8-12/h11-12H,3-10H2,1-2H3,(H,19,20). The first-order valence-electron chi connectivity index (χ1n) is 7.86. The van der Waals surface area contributed by atoms with Crippen LogP contribution in [0.5, 0.6) is 0 Å². The van der Waals surface area contributed by atoms with Gasteiger partial charge in [0.2, 0.25) is 0 Å². The van der Waals surface area contributed by atoms with Gasteiger partial charge in [0, 0.05) is 13.0 Å². The summed E-state index contributed by atoms with van der Waals surface area (Å²) in [5, 5.41) is 18.1. The molecule has 0 saturated heterocycles. The molecule has 0 spiro atoms. The van der Waals surface area contributed by atoms with Crippen molar-refractivity contribution in [2.24, 2.45) is 11.8 Å². The van der Waals surface area contributed by atoms with Crippen LogP contribution in [0.4, 0.5) is 0 Å². The normalized spacial score (nSPS) is 22.4. The molecule has 6 heteroatoms. The third-order valence-electron chi connectivity index (χ3n) is 4.08. The number of rotatable bonds is 7. The van der Waals surface area contributed by atoms with Gasteiger partial charge in [-0.1, -0.05) is 38.5 Å². The second-order valence-electron chi connectivity index (χ2n) is 6.08. The summed E-state index contributed by atoms with van der Waals surface area (Å²) in [7, 11) is 0. The van der Waals surface area contributed by atoms with Crippen LogP contribution in [0.1, 0.15) is 51.8 Å². The third-order valence-corrected chi connectivity index (χ3v) is 5.03. The molecule has 0 radical (unpaired) electrons. The molecule has 0 bridgehead atoms. The second kappa shape index (κ2) is 7.82. The summed E-state index contributed by atoms with van der Waals surface area (Å²) in [4.78, 5) is 10.8. The Morgan fingerprint density at radius 1 is 1.43 bits per heavy atom. The summed E-state index contributed by atoms with van der Waals surface area (Å²) in [6, 6.07) is 0. The van der Waals surface area contributed by atoms with Gasteiger partial charge in [-0.2, -0.15) is 0 Å². The van der Waals surface area contributed by atoms with Crippen LogP contribution >= 0.6 is 11.8 Å². The van der Waals surface area contributed by atoms with Gasteiger partial charge in [-0.3, -0.25) is 4.79 Å². The number of nitrogens with zero attached hydrogens (tertiary/aromatic N) is 3. The molecule has 0 aromatic carbocycles. The van der Waals surface area contributed by atoms with Crippen LogP contribution in [0.3, 0.4) is 0 Å². The minimum Gasteiger partial charge on any atom is -0.481 e. The van der Waals surface area contributed by atoms with E-state index in [1.54, 1.807) is 0 Å². The Kier molecular flexibility index (Phi) is 6.08. The highest BCUT2D eigenvalue weighted by atomic mass is 32.2. The summed E-state index contributed by atoms with van der Waals surface area (Å²) in [5.74, 6) is 1.71. The number of hydrogen-bond donors (Lipinski definition) is 1. The van der Waals surface area contributed by atoms with Crippen LogP contribution in [0.2, 0.25) is 0 Å². The highest BCUT2D eigenvalue weighted by molar-refractivity contribution is 7.99. The molecule has 5 nitrogen and oxygen atoms in total. The first kappa shape index (κ1) is 16.3. The summed E-state index contributed by atoms with van der Waals surface area (Å²) in [5.41, 5.74) is 0. The lowest BCUT2D eigenvalue weighted by Gasteiger charge is -2.27. The van der Waals surface area contributed by atoms with E-state index in [4.69, 9.17) is 5.11 Å².